The molecule has 0 aliphatic rings. The van der Waals surface area contributed by atoms with Gasteiger partial charge in [-0.2, -0.15) is 0 Å². The molecule has 1 aromatic carbocycles. The first kappa shape index (κ1) is 11.5. The summed E-state index contributed by atoms with van der Waals surface area (Å²) in [6.45, 7) is 0. The average molecular weight is 253 g/mol. The first-order valence-electron chi connectivity index (χ1n) is 4.74. The third kappa shape index (κ3) is 2.97. The van der Waals surface area contributed by atoms with Crippen molar-refractivity contribution in [3.8, 4) is 11.3 Å². The van der Waals surface area contributed by atoms with E-state index in [0.29, 0.717) is 11.4 Å². The van der Waals surface area contributed by atoms with Gasteiger partial charge in [-0.15, -0.1) is 0 Å². The number of rotatable bonds is 3. The van der Waals surface area contributed by atoms with Gasteiger partial charge in [0, 0.05) is 17.3 Å². The van der Waals surface area contributed by atoms with Crippen LogP contribution in [0.5, 0.6) is 0 Å². The Morgan fingerprint density at radius 2 is 1.94 bits per heavy atom. The number of nitrogen functional groups attached to an aromatic ring is 1. The van der Waals surface area contributed by atoms with E-state index in [1.165, 1.54) is 0 Å². The van der Waals surface area contributed by atoms with Crippen molar-refractivity contribution in [2.75, 3.05) is 16.7 Å². The van der Waals surface area contributed by atoms with Crippen LogP contribution >= 0.6 is 0 Å². The van der Waals surface area contributed by atoms with Crippen LogP contribution in [-0.2, 0) is 10.0 Å². The van der Waals surface area contributed by atoms with E-state index in [4.69, 9.17) is 10.3 Å². The standard InChI is InChI=1S/C10H11N3O3S/c1-17(14,15)13-8-4-2-7(3-5-8)9-6-10(11)16-12-9/h2-6,13H,11H2,1H3. The summed E-state index contributed by atoms with van der Waals surface area (Å²) in [5.41, 5.74) is 7.30. The molecule has 1 heterocycles. The molecule has 0 atom stereocenters. The monoisotopic (exact) mass is 253 g/mol. The van der Waals surface area contributed by atoms with Crippen molar-refractivity contribution in [3.63, 3.8) is 0 Å². The number of nitrogens with one attached hydrogen (secondary N) is 1. The minimum atomic E-state index is -3.25. The predicted octanol–water partition coefficient (Wildman–Crippen LogP) is 1.30. The Morgan fingerprint density at radius 1 is 1.29 bits per heavy atom. The molecule has 2 rings (SSSR count). The van der Waals surface area contributed by atoms with E-state index < -0.39 is 10.0 Å². The third-order valence-electron chi connectivity index (χ3n) is 2.01. The molecule has 0 spiro atoms. The first-order valence-corrected chi connectivity index (χ1v) is 6.63. The Hall–Kier alpha value is -2.02. The zero-order chi connectivity index (χ0) is 12.5. The Labute approximate surface area is 98.5 Å². The average Bonchev–Trinajstić information content (AvgIpc) is 2.63. The van der Waals surface area contributed by atoms with Crippen LogP contribution in [0.2, 0.25) is 0 Å². The third-order valence-corrected chi connectivity index (χ3v) is 2.62. The lowest BCUT2D eigenvalue weighted by Crippen LogP contribution is -2.09. The molecule has 0 bridgehead atoms. The number of benzene rings is 1. The number of nitrogens with two attached hydrogens (primary N) is 1. The molecule has 0 saturated heterocycles. The zero-order valence-corrected chi connectivity index (χ0v) is 9.86. The molecule has 0 aliphatic heterocycles. The second-order valence-electron chi connectivity index (χ2n) is 3.57. The predicted molar refractivity (Wildman–Crippen MR) is 64.8 cm³/mol. The maximum atomic E-state index is 11.0. The van der Waals surface area contributed by atoms with Gasteiger partial charge in [-0.3, -0.25) is 4.72 Å². The molecule has 90 valence electrons. The molecule has 3 N–H and O–H groups in total. The molecule has 6 nitrogen and oxygen atoms in total. The molecular formula is C10H11N3O3S. The summed E-state index contributed by atoms with van der Waals surface area (Å²) in [7, 11) is -3.25. The van der Waals surface area contributed by atoms with Crippen molar-refractivity contribution in [1.29, 1.82) is 0 Å². The van der Waals surface area contributed by atoms with Gasteiger partial charge in [-0.05, 0) is 12.1 Å². The van der Waals surface area contributed by atoms with Crippen LogP contribution in [-0.4, -0.2) is 19.8 Å². The zero-order valence-electron chi connectivity index (χ0n) is 9.04. The minimum absolute atomic E-state index is 0.235. The largest absolute Gasteiger partial charge is 0.368 e. The molecule has 7 heteroatoms. The molecular weight excluding hydrogens is 242 g/mol. The molecule has 0 aliphatic carbocycles. The van der Waals surface area contributed by atoms with Gasteiger partial charge in [-0.1, -0.05) is 17.3 Å². The molecule has 1 aromatic heterocycles. The van der Waals surface area contributed by atoms with Crippen molar-refractivity contribution in [2.45, 2.75) is 0 Å². The van der Waals surface area contributed by atoms with E-state index in [-0.39, 0.29) is 5.88 Å². The molecule has 2 aromatic rings. The fraction of sp³-hybridized carbons (Fsp3) is 0.100. The van der Waals surface area contributed by atoms with Crippen molar-refractivity contribution in [3.05, 3.63) is 30.3 Å². The fourth-order valence-electron chi connectivity index (χ4n) is 1.35. The second kappa shape index (κ2) is 4.10. The maximum Gasteiger partial charge on any atom is 0.229 e. The lowest BCUT2D eigenvalue weighted by atomic mass is 10.1. The Balaban J connectivity index is 2.24. The van der Waals surface area contributed by atoms with Crippen LogP contribution in [0.25, 0.3) is 11.3 Å². The van der Waals surface area contributed by atoms with Gasteiger partial charge in [0.1, 0.15) is 5.69 Å². The lowest BCUT2D eigenvalue weighted by molar-refractivity contribution is 0.439. The summed E-state index contributed by atoms with van der Waals surface area (Å²) in [5, 5.41) is 3.75. The van der Waals surface area contributed by atoms with Crippen molar-refractivity contribution in [2.24, 2.45) is 0 Å². The highest BCUT2D eigenvalue weighted by Gasteiger charge is 2.05. The van der Waals surface area contributed by atoms with Crippen molar-refractivity contribution >= 4 is 21.6 Å². The number of hydrogen-bond acceptors (Lipinski definition) is 5. The van der Waals surface area contributed by atoms with Crippen LogP contribution in [0.4, 0.5) is 11.6 Å². The van der Waals surface area contributed by atoms with Gasteiger partial charge in [0.15, 0.2) is 0 Å². The number of sulfonamides is 1. The van der Waals surface area contributed by atoms with Gasteiger partial charge in [0.2, 0.25) is 15.9 Å². The van der Waals surface area contributed by atoms with Gasteiger partial charge in [0.05, 0.1) is 6.26 Å². The van der Waals surface area contributed by atoms with Crippen molar-refractivity contribution < 1.29 is 12.9 Å². The molecule has 0 radical (unpaired) electrons. The Bertz CT molecular complexity index is 617. The van der Waals surface area contributed by atoms with Crippen LogP contribution < -0.4 is 10.5 Å². The normalized spacial score (nSPS) is 11.4. The van der Waals surface area contributed by atoms with E-state index in [1.54, 1.807) is 30.3 Å². The van der Waals surface area contributed by atoms with E-state index in [1.807, 2.05) is 0 Å². The van der Waals surface area contributed by atoms with Crippen molar-refractivity contribution in [1.82, 2.24) is 5.16 Å². The minimum Gasteiger partial charge on any atom is -0.368 e. The lowest BCUT2D eigenvalue weighted by Gasteiger charge is -2.03. The summed E-state index contributed by atoms with van der Waals surface area (Å²) in [4.78, 5) is 0. The topological polar surface area (TPSA) is 98.2 Å². The first-order chi connectivity index (χ1) is 7.94. The van der Waals surface area contributed by atoms with E-state index >= 15 is 0 Å². The molecule has 0 amide bonds. The number of hydrogen-bond donors (Lipinski definition) is 2. The van der Waals surface area contributed by atoms with Crippen LogP contribution in [0.3, 0.4) is 0 Å². The Morgan fingerprint density at radius 3 is 2.41 bits per heavy atom. The van der Waals surface area contributed by atoms with E-state index in [2.05, 4.69) is 9.88 Å². The van der Waals surface area contributed by atoms with E-state index in [9.17, 15) is 8.42 Å². The van der Waals surface area contributed by atoms with Gasteiger partial charge in [-0.25, -0.2) is 8.42 Å². The summed E-state index contributed by atoms with van der Waals surface area (Å²) in [5.74, 6) is 0.235. The smallest absolute Gasteiger partial charge is 0.229 e. The quantitative estimate of drug-likeness (QED) is 0.859. The van der Waals surface area contributed by atoms with Crippen LogP contribution in [0.1, 0.15) is 0 Å². The number of anilines is 2. The number of aromatic nitrogens is 1. The number of nitrogens with zero attached hydrogens (tertiary/aromatic N) is 1. The SMILES string of the molecule is CS(=O)(=O)Nc1ccc(-c2cc(N)on2)cc1. The fourth-order valence-corrected chi connectivity index (χ4v) is 1.91. The van der Waals surface area contributed by atoms with Gasteiger partial charge in [0.25, 0.3) is 0 Å². The summed E-state index contributed by atoms with van der Waals surface area (Å²) in [6.07, 6.45) is 1.10. The van der Waals surface area contributed by atoms with Gasteiger partial charge < -0.3 is 10.3 Å². The summed E-state index contributed by atoms with van der Waals surface area (Å²) < 4.78 is 29.1. The Kier molecular flexibility index (Phi) is 2.76. The van der Waals surface area contributed by atoms with E-state index in [0.717, 1.165) is 11.8 Å². The highest BCUT2D eigenvalue weighted by Crippen LogP contribution is 2.22. The summed E-state index contributed by atoms with van der Waals surface area (Å²) >= 11 is 0. The second-order valence-corrected chi connectivity index (χ2v) is 5.31. The summed E-state index contributed by atoms with van der Waals surface area (Å²) in [6, 6.07) is 8.33. The van der Waals surface area contributed by atoms with Crippen LogP contribution in [0.15, 0.2) is 34.9 Å². The molecule has 0 unspecified atom stereocenters. The maximum absolute atomic E-state index is 11.0. The van der Waals surface area contributed by atoms with Crippen LogP contribution in [0, 0.1) is 0 Å². The molecule has 0 fully saturated rings. The highest BCUT2D eigenvalue weighted by atomic mass is 32.2. The molecule has 17 heavy (non-hydrogen) atoms. The highest BCUT2D eigenvalue weighted by molar-refractivity contribution is 7.92. The van der Waals surface area contributed by atoms with Gasteiger partial charge >= 0.3 is 0 Å². The molecule has 0 saturated carbocycles.